The first-order valence-corrected chi connectivity index (χ1v) is 15.0. The zero-order chi connectivity index (χ0) is 30.8. The molecule has 0 unspecified atom stereocenters. The number of aromatic nitrogens is 2. The normalized spacial score (nSPS) is 22.2. The van der Waals surface area contributed by atoms with Crippen LogP contribution < -0.4 is 24.7 Å². The van der Waals surface area contributed by atoms with Crippen LogP contribution in [-0.2, 0) is 6.54 Å². The molecule has 46 heavy (non-hydrogen) atoms. The number of piperazine rings is 1. The minimum atomic E-state index is -0.294. The molecule has 2 aromatic heterocycles. The molecule has 2 saturated heterocycles. The summed E-state index contributed by atoms with van der Waals surface area (Å²) < 4.78 is 23.1. The number of carbonyl (C=O) groups excluding carboxylic acids is 2. The first kappa shape index (κ1) is 30.8. The van der Waals surface area contributed by atoms with E-state index >= 15 is 0 Å². The number of aldehydes is 1. The van der Waals surface area contributed by atoms with E-state index in [0.717, 1.165) is 43.5 Å². The van der Waals surface area contributed by atoms with E-state index in [0.29, 0.717) is 48.1 Å². The lowest BCUT2D eigenvalue weighted by Crippen LogP contribution is -2.50. The van der Waals surface area contributed by atoms with Crippen LogP contribution in [0.25, 0.3) is 0 Å². The molecular weight excluding hydrogens is 586 g/mol. The number of hydrogen-bond donors (Lipinski definition) is 1. The highest BCUT2D eigenvalue weighted by Gasteiger charge is 2.44. The molecule has 6 heterocycles. The fourth-order valence-corrected chi connectivity index (χ4v) is 6.22. The van der Waals surface area contributed by atoms with Gasteiger partial charge in [0.25, 0.3) is 11.8 Å². The van der Waals surface area contributed by atoms with Crippen LogP contribution in [0.4, 0.5) is 4.79 Å². The van der Waals surface area contributed by atoms with Crippen LogP contribution in [0.3, 0.4) is 0 Å². The van der Waals surface area contributed by atoms with Crippen LogP contribution in [0.15, 0.2) is 85.2 Å². The lowest BCUT2D eigenvalue weighted by atomic mass is 10.1. The predicted octanol–water partition coefficient (Wildman–Crippen LogP) is 4.97. The van der Waals surface area contributed by atoms with Gasteiger partial charge in [-0.1, -0.05) is 56.0 Å². The number of nitrogens with two attached hydrogens (primary N) is 1. The summed E-state index contributed by atoms with van der Waals surface area (Å²) in [6, 6.07) is 23.5. The SMILES string of the molecule is C.NC(=O)N1C[C@@H]2C[C@H]1CN2Cc1ccc([C@H]2COc3cccnc3O2)cc1.O=Cc1ccc([C@H]2COc3cccnc3O2)cc1. The average molecular weight is 624 g/mol. The van der Waals surface area contributed by atoms with Crippen LogP contribution in [0, 0.1) is 0 Å². The number of carbonyl (C=O) groups is 2. The highest BCUT2D eigenvalue weighted by atomic mass is 16.6. The number of fused-ring (bicyclic) bond motifs is 4. The second-order valence-corrected chi connectivity index (χ2v) is 11.4. The van der Waals surface area contributed by atoms with E-state index in [1.54, 1.807) is 35.5 Å². The molecule has 4 aromatic rings. The van der Waals surface area contributed by atoms with Crippen LogP contribution in [-0.4, -0.2) is 70.5 Å². The fourth-order valence-electron chi connectivity index (χ4n) is 6.22. The summed E-state index contributed by atoms with van der Waals surface area (Å²) in [5.41, 5.74) is 9.40. The molecule has 11 nitrogen and oxygen atoms in total. The molecule has 0 aliphatic carbocycles. The van der Waals surface area contributed by atoms with Gasteiger partial charge in [0.05, 0.1) is 0 Å². The van der Waals surface area contributed by atoms with Gasteiger partial charge in [-0.15, -0.1) is 0 Å². The lowest BCUT2D eigenvalue weighted by molar-refractivity contribution is 0.0850. The van der Waals surface area contributed by atoms with Crippen LogP contribution in [0.2, 0.25) is 0 Å². The number of likely N-dealkylation sites (tertiary alicyclic amines) is 2. The van der Waals surface area contributed by atoms with Gasteiger partial charge in [-0.05, 0) is 47.4 Å². The van der Waals surface area contributed by atoms with E-state index < -0.39 is 0 Å². The van der Waals surface area contributed by atoms with Crippen molar-refractivity contribution in [2.24, 2.45) is 5.73 Å². The molecule has 8 rings (SSSR count). The van der Waals surface area contributed by atoms with Crippen molar-refractivity contribution in [3.63, 3.8) is 0 Å². The number of benzene rings is 2. The van der Waals surface area contributed by atoms with Crippen molar-refractivity contribution >= 4 is 12.3 Å². The third-order valence-corrected chi connectivity index (χ3v) is 8.58. The van der Waals surface area contributed by atoms with Gasteiger partial charge in [-0.2, -0.15) is 0 Å². The summed E-state index contributed by atoms with van der Waals surface area (Å²) in [5, 5.41) is 0. The Kier molecular flexibility index (Phi) is 9.02. The maximum absolute atomic E-state index is 11.4. The Morgan fingerprint density at radius 2 is 1.37 bits per heavy atom. The van der Waals surface area contributed by atoms with Crippen LogP contribution in [0.5, 0.6) is 23.3 Å². The van der Waals surface area contributed by atoms with Gasteiger partial charge in [0.15, 0.2) is 23.7 Å². The van der Waals surface area contributed by atoms with Crippen molar-refractivity contribution in [1.82, 2.24) is 19.8 Å². The summed E-state index contributed by atoms with van der Waals surface area (Å²) in [6.07, 6.45) is 4.89. The zero-order valence-electron chi connectivity index (χ0n) is 24.5. The fraction of sp³-hybridized carbons (Fsp3) is 0.314. The standard InChI is InChI=1S/C20H22N4O3.C14H11NO3.CH4/c21-20(25)24-11-15-8-16(24)10-23(15)9-13-3-5-14(6-4-13)18-12-26-17-2-1-7-22-19(17)27-18;16-8-10-3-5-11(6-4-10)13-9-17-12-2-1-7-15-14(12)18-13;/h1-7,15-16,18H,8-12H2,(H2,21,25);1-8,13H,9H2;1H4/t15-,16-,18+;13-;/m01./s1. The van der Waals surface area contributed by atoms with Crippen molar-refractivity contribution in [3.8, 4) is 23.3 Å². The smallest absolute Gasteiger partial charge is 0.315 e. The molecule has 4 aliphatic heterocycles. The van der Waals surface area contributed by atoms with E-state index in [-0.39, 0.29) is 31.7 Å². The number of hydrogen-bond acceptors (Lipinski definition) is 9. The van der Waals surface area contributed by atoms with Gasteiger partial charge < -0.3 is 29.6 Å². The summed E-state index contributed by atoms with van der Waals surface area (Å²) in [5.74, 6) is 2.41. The highest BCUT2D eigenvalue weighted by molar-refractivity contribution is 5.74. The highest BCUT2D eigenvalue weighted by Crippen LogP contribution is 2.36. The number of rotatable bonds is 5. The Morgan fingerprint density at radius 1 is 0.804 bits per heavy atom. The number of primary amides is 1. The third kappa shape index (κ3) is 6.45. The maximum Gasteiger partial charge on any atom is 0.315 e. The Morgan fingerprint density at radius 3 is 1.87 bits per heavy atom. The number of pyridine rings is 2. The molecule has 2 fully saturated rings. The van der Waals surface area contributed by atoms with E-state index in [9.17, 15) is 9.59 Å². The molecule has 2 amide bonds. The third-order valence-electron chi connectivity index (χ3n) is 8.58. The molecule has 2 aromatic carbocycles. The number of amides is 2. The maximum atomic E-state index is 11.4. The second kappa shape index (κ2) is 13.5. The number of nitrogens with zero attached hydrogens (tertiary/aromatic N) is 4. The minimum absolute atomic E-state index is 0. The summed E-state index contributed by atoms with van der Waals surface area (Å²) >= 11 is 0. The lowest BCUT2D eigenvalue weighted by Gasteiger charge is -2.33. The van der Waals surface area contributed by atoms with Crippen LogP contribution in [0.1, 0.15) is 53.1 Å². The summed E-state index contributed by atoms with van der Waals surface area (Å²) in [6.45, 7) is 3.46. The van der Waals surface area contributed by atoms with Crippen molar-refractivity contribution < 1.29 is 28.5 Å². The molecule has 2 N–H and O–H groups in total. The first-order valence-electron chi connectivity index (χ1n) is 15.0. The van der Waals surface area contributed by atoms with Crippen molar-refractivity contribution in [2.75, 3.05) is 26.3 Å². The summed E-state index contributed by atoms with van der Waals surface area (Å²) in [4.78, 5) is 34.6. The number of urea groups is 1. The van der Waals surface area contributed by atoms with Gasteiger partial charge in [-0.25, -0.2) is 14.8 Å². The number of ether oxygens (including phenoxy) is 4. The average Bonchev–Trinajstić information content (AvgIpc) is 3.70. The Labute approximate surface area is 267 Å². The van der Waals surface area contributed by atoms with Gasteiger partial charge in [0, 0.05) is 49.7 Å². The van der Waals surface area contributed by atoms with Gasteiger partial charge in [-0.3, -0.25) is 9.69 Å². The summed E-state index contributed by atoms with van der Waals surface area (Å²) in [7, 11) is 0. The topological polar surface area (TPSA) is 129 Å². The molecule has 0 spiro atoms. The van der Waals surface area contributed by atoms with Gasteiger partial charge >= 0.3 is 6.03 Å². The van der Waals surface area contributed by atoms with E-state index in [2.05, 4.69) is 39.1 Å². The van der Waals surface area contributed by atoms with Gasteiger partial charge in [0.2, 0.25) is 0 Å². The Hall–Kier alpha value is -5.16. The van der Waals surface area contributed by atoms with Gasteiger partial charge in [0.1, 0.15) is 19.5 Å². The van der Waals surface area contributed by atoms with E-state index in [1.165, 1.54) is 5.56 Å². The minimum Gasteiger partial charge on any atom is -0.484 e. The van der Waals surface area contributed by atoms with E-state index in [4.69, 9.17) is 24.7 Å². The molecule has 4 aliphatic rings. The molecular formula is C35H37N5O6. The van der Waals surface area contributed by atoms with Crippen molar-refractivity contribution in [2.45, 2.75) is 44.7 Å². The molecule has 4 atom stereocenters. The molecule has 2 bridgehead atoms. The zero-order valence-corrected chi connectivity index (χ0v) is 24.5. The Balaban J connectivity index is 0.000000171. The molecule has 0 radical (unpaired) electrons. The van der Waals surface area contributed by atoms with Crippen molar-refractivity contribution in [1.29, 1.82) is 0 Å². The second-order valence-electron chi connectivity index (χ2n) is 11.4. The van der Waals surface area contributed by atoms with E-state index in [1.807, 2.05) is 30.3 Å². The molecule has 0 saturated carbocycles. The predicted molar refractivity (Wildman–Crippen MR) is 170 cm³/mol. The van der Waals surface area contributed by atoms with Crippen LogP contribution >= 0.6 is 0 Å². The monoisotopic (exact) mass is 623 g/mol. The largest absolute Gasteiger partial charge is 0.484 e. The molecule has 11 heteroatoms. The molecule has 238 valence electrons. The Bertz CT molecular complexity index is 1670. The quantitative estimate of drug-likeness (QED) is 0.306. The van der Waals surface area contributed by atoms with Crippen molar-refractivity contribution in [3.05, 3.63) is 107 Å². The first-order chi connectivity index (χ1) is 22.0.